The van der Waals surface area contributed by atoms with Crippen LogP contribution in [0.4, 0.5) is 0 Å². The molecule has 12 rings (SSSR count). The first-order valence-corrected chi connectivity index (χ1v) is 23.4. The van der Waals surface area contributed by atoms with Gasteiger partial charge in [-0.25, -0.2) is 9.98 Å². The van der Waals surface area contributed by atoms with Gasteiger partial charge >= 0.3 is 0 Å². The van der Waals surface area contributed by atoms with Gasteiger partial charge in [-0.3, -0.25) is 9.97 Å². The highest BCUT2D eigenvalue weighted by molar-refractivity contribution is 6.14. The number of nitrogens with zero attached hydrogens (tertiary/aromatic N) is 6. The fourth-order valence-corrected chi connectivity index (χ4v) is 9.63. The predicted molar refractivity (Wildman–Crippen MR) is 279 cm³/mol. The van der Waals surface area contributed by atoms with E-state index in [0.717, 1.165) is 78.2 Å². The van der Waals surface area contributed by atoms with Crippen LogP contribution in [0.1, 0.15) is 66.8 Å². The molecule has 68 heavy (non-hydrogen) atoms. The van der Waals surface area contributed by atoms with Gasteiger partial charge in [0, 0.05) is 56.4 Å². The Hall–Kier alpha value is -7.84. The highest BCUT2D eigenvalue weighted by Gasteiger charge is 2.47. The number of ether oxygens (including phenoxy) is 2. The fourth-order valence-electron chi connectivity index (χ4n) is 9.63. The molecule has 334 valence electrons. The van der Waals surface area contributed by atoms with Crippen LogP contribution >= 0.6 is 0 Å². The third kappa shape index (κ3) is 6.56. The highest BCUT2D eigenvalue weighted by Crippen LogP contribution is 2.42. The molecule has 10 aromatic rings. The molecule has 0 saturated heterocycles. The third-order valence-corrected chi connectivity index (χ3v) is 14.9. The molecule has 8 nitrogen and oxygen atoms in total. The molecule has 4 aromatic heterocycles. The first kappa shape index (κ1) is 41.6. The topological polar surface area (TPSA) is 78.8 Å². The molecule has 0 bridgehead atoms. The minimum absolute atomic E-state index is 0.348. The van der Waals surface area contributed by atoms with E-state index in [2.05, 4.69) is 210 Å². The first-order chi connectivity index (χ1) is 32.6. The minimum Gasteiger partial charge on any atom is -0.468 e. The van der Waals surface area contributed by atoms with Crippen LogP contribution in [0.25, 0.3) is 88.4 Å². The molecule has 0 fully saturated rings. The first-order valence-electron chi connectivity index (χ1n) is 23.4. The van der Waals surface area contributed by atoms with E-state index >= 15 is 0 Å². The number of hydrogen-bond donors (Lipinski definition) is 0. The maximum absolute atomic E-state index is 6.29. The van der Waals surface area contributed by atoms with Gasteiger partial charge < -0.3 is 18.6 Å². The van der Waals surface area contributed by atoms with Crippen LogP contribution in [0.2, 0.25) is 0 Å². The minimum atomic E-state index is -0.417. The Labute approximate surface area is 396 Å². The lowest BCUT2D eigenvalue weighted by atomic mass is 9.87. The second kappa shape index (κ2) is 14.8. The van der Waals surface area contributed by atoms with Crippen molar-refractivity contribution in [1.29, 1.82) is 0 Å². The summed E-state index contributed by atoms with van der Waals surface area (Å²) < 4.78 is 17.3. The fraction of sp³-hybridized carbons (Fsp3) is 0.200. The van der Waals surface area contributed by atoms with Crippen LogP contribution < -0.4 is 0 Å². The van der Waals surface area contributed by atoms with Crippen LogP contribution in [-0.4, -0.2) is 53.2 Å². The summed E-state index contributed by atoms with van der Waals surface area (Å²) in [6, 6.07) is 56.8. The quantitative estimate of drug-likeness (QED) is 0.160. The summed E-state index contributed by atoms with van der Waals surface area (Å²) in [5.74, 6) is 1.18. The number of aromatic nitrogens is 4. The second-order valence-electron chi connectivity index (χ2n) is 20.3. The number of pyridine rings is 2. The maximum Gasteiger partial charge on any atom is 0.236 e. The van der Waals surface area contributed by atoms with Gasteiger partial charge in [0.1, 0.15) is 22.6 Å². The number of hydrogen-bond acceptors (Lipinski definition) is 6. The molecule has 0 radical (unpaired) electrons. The zero-order chi connectivity index (χ0) is 46.7. The molecule has 0 saturated carbocycles. The molecular formula is C60H52N6O2. The van der Waals surface area contributed by atoms with Crippen molar-refractivity contribution in [2.45, 2.75) is 77.7 Å². The summed E-state index contributed by atoms with van der Waals surface area (Å²) in [5.41, 5.74) is 13.3. The molecule has 0 amide bonds. The summed E-state index contributed by atoms with van der Waals surface area (Å²) in [5, 5.41) is 4.70. The largest absolute Gasteiger partial charge is 0.468 e. The maximum atomic E-state index is 6.29. The standard InChI is InChI=1S/C60H52N6O2/c1-57(2)59(5,6)67-55(63-57)49-25-19-41(35-61-49)39-23-29-53-47(33-39)45-31-37(21-27-51(45)65(53)43-15-11-9-12-16-43)38-22-28-52-46(32-38)48-34-40(24-30-54(48)66(52)44-17-13-10-14-18-44)42-20-26-50(62-36-42)56-64-58(3,4)60(7,8)68-56/h9-36H,1-8H3. The molecule has 0 aliphatic carbocycles. The van der Waals surface area contributed by atoms with Crippen LogP contribution in [0, 0.1) is 0 Å². The number of aliphatic imine (C=N–C) groups is 2. The smallest absolute Gasteiger partial charge is 0.236 e. The van der Waals surface area contributed by atoms with Gasteiger partial charge in [0.05, 0.1) is 33.1 Å². The Bertz CT molecular complexity index is 3460. The van der Waals surface area contributed by atoms with Crippen LogP contribution in [0.15, 0.2) is 180 Å². The average Bonchev–Trinajstić information content (AvgIpc) is 3.99. The Morgan fingerprint density at radius 1 is 0.353 bits per heavy atom. The molecule has 2 aliphatic heterocycles. The van der Waals surface area contributed by atoms with Crippen molar-refractivity contribution in [1.82, 2.24) is 19.1 Å². The van der Waals surface area contributed by atoms with Gasteiger partial charge in [0.25, 0.3) is 0 Å². The monoisotopic (exact) mass is 888 g/mol. The Balaban J connectivity index is 0.970. The Morgan fingerprint density at radius 3 is 0.941 bits per heavy atom. The molecular weight excluding hydrogens is 837 g/mol. The zero-order valence-corrected chi connectivity index (χ0v) is 39.7. The summed E-state index contributed by atoms with van der Waals surface area (Å²) in [6.07, 6.45) is 3.87. The van der Waals surface area contributed by atoms with E-state index in [0.29, 0.717) is 11.8 Å². The van der Waals surface area contributed by atoms with Crippen molar-refractivity contribution in [3.05, 3.63) is 182 Å². The summed E-state index contributed by atoms with van der Waals surface area (Å²) >= 11 is 0. The van der Waals surface area contributed by atoms with E-state index in [4.69, 9.17) is 29.4 Å². The van der Waals surface area contributed by atoms with E-state index in [1.165, 1.54) is 21.5 Å². The van der Waals surface area contributed by atoms with Gasteiger partial charge in [0.15, 0.2) is 0 Å². The van der Waals surface area contributed by atoms with Crippen molar-refractivity contribution >= 4 is 55.4 Å². The van der Waals surface area contributed by atoms with Gasteiger partial charge in [0.2, 0.25) is 11.8 Å². The third-order valence-electron chi connectivity index (χ3n) is 14.9. The lowest BCUT2D eigenvalue weighted by molar-refractivity contribution is 0.0616. The number of benzene rings is 6. The summed E-state index contributed by atoms with van der Waals surface area (Å²) in [6.45, 7) is 16.7. The lowest BCUT2D eigenvalue weighted by Gasteiger charge is -2.30. The van der Waals surface area contributed by atoms with Gasteiger partial charge in [-0.1, -0.05) is 72.8 Å². The number of para-hydroxylation sites is 2. The summed E-state index contributed by atoms with van der Waals surface area (Å²) in [4.78, 5) is 19.5. The molecule has 2 aliphatic rings. The zero-order valence-electron chi connectivity index (χ0n) is 39.7. The second-order valence-corrected chi connectivity index (χ2v) is 20.3. The predicted octanol–water partition coefficient (Wildman–Crippen LogP) is 14.3. The normalized spacial score (nSPS) is 16.8. The van der Waals surface area contributed by atoms with Gasteiger partial charge in [-0.05, 0) is 163 Å². The molecule has 8 heteroatoms. The molecule has 0 N–H and O–H groups in total. The molecule has 0 atom stereocenters. The van der Waals surface area contributed by atoms with Crippen LogP contribution in [0.5, 0.6) is 0 Å². The van der Waals surface area contributed by atoms with E-state index in [1.807, 2.05) is 24.5 Å². The molecule has 0 spiro atoms. The number of rotatable bonds is 7. The molecule has 6 heterocycles. The Kier molecular flexibility index (Phi) is 9.07. The van der Waals surface area contributed by atoms with Gasteiger partial charge in [-0.15, -0.1) is 0 Å². The van der Waals surface area contributed by atoms with Crippen molar-refractivity contribution in [2.24, 2.45) is 9.98 Å². The van der Waals surface area contributed by atoms with Gasteiger partial charge in [-0.2, -0.15) is 0 Å². The van der Waals surface area contributed by atoms with E-state index in [9.17, 15) is 0 Å². The molecule has 6 aromatic carbocycles. The average molecular weight is 889 g/mol. The van der Waals surface area contributed by atoms with E-state index in [-0.39, 0.29) is 11.1 Å². The lowest BCUT2D eigenvalue weighted by Crippen LogP contribution is -2.41. The van der Waals surface area contributed by atoms with E-state index < -0.39 is 11.2 Å². The van der Waals surface area contributed by atoms with Crippen LogP contribution in [0.3, 0.4) is 0 Å². The Morgan fingerprint density at radius 2 is 0.662 bits per heavy atom. The molecule has 0 unspecified atom stereocenters. The summed E-state index contributed by atoms with van der Waals surface area (Å²) in [7, 11) is 0. The number of fused-ring (bicyclic) bond motifs is 6. The van der Waals surface area contributed by atoms with Crippen molar-refractivity contribution in [2.75, 3.05) is 0 Å². The van der Waals surface area contributed by atoms with Crippen molar-refractivity contribution in [3.63, 3.8) is 0 Å². The highest BCUT2D eigenvalue weighted by atomic mass is 16.5. The SMILES string of the molecule is CC1(C)N=C(c2ccc(-c3ccc4c(c3)c3cc(-c5ccc6c(c5)c5cc(-c7ccc(C8=NC(C)(C)C(C)(C)O8)nc7)ccc5n6-c5ccccc5)ccc3n4-c3ccccc3)cn2)OC1(C)C. The van der Waals surface area contributed by atoms with Crippen LogP contribution in [-0.2, 0) is 9.47 Å². The van der Waals surface area contributed by atoms with Crippen molar-refractivity contribution < 1.29 is 9.47 Å². The van der Waals surface area contributed by atoms with Crippen molar-refractivity contribution in [3.8, 4) is 44.8 Å². The van der Waals surface area contributed by atoms with E-state index in [1.54, 1.807) is 0 Å².